The van der Waals surface area contributed by atoms with Crippen LogP contribution in [0.1, 0.15) is 52.4 Å². The fourth-order valence-electron chi connectivity index (χ4n) is 1.50. The van der Waals surface area contributed by atoms with Gasteiger partial charge in [0.1, 0.15) is 23.5 Å². The smallest absolute Gasteiger partial charge is 0.230 e. The van der Waals surface area contributed by atoms with Crippen LogP contribution in [0.5, 0.6) is 0 Å². The summed E-state index contributed by atoms with van der Waals surface area (Å²) < 4.78 is 4.99. The summed E-state index contributed by atoms with van der Waals surface area (Å²) in [5.74, 6) is -0.248. The monoisotopic (exact) mass is 269 g/mol. The van der Waals surface area contributed by atoms with Crippen molar-refractivity contribution in [2.75, 3.05) is 6.61 Å². The van der Waals surface area contributed by atoms with Gasteiger partial charge in [-0.2, -0.15) is 0 Å². The molecule has 0 aliphatic heterocycles. The molecule has 0 aromatic carbocycles. The second-order valence-corrected chi connectivity index (χ2v) is 4.24. The van der Waals surface area contributed by atoms with Crippen LogP contribution in [-0.2, 0) is 23.9 Å². The first-order valence-corrected chi connectivity index (χ1v) is 6.57. The van der Waals surface area contributed by atoms with Gasteiger partial charge >= 0.3 is 0 Å². The van der Waals surface area contributed by atoms with Crippen molar-refractivity contribution in [3.63, 3.8) is 0 Å². The molecule has 107 valence electrons. The van der Waals surface area contributed by atoms with Crippen molar-refractivity contribution in [3.05, 3.63) is 0 Å². The Bertz CT molecular complexity index is 322. The molecule has 0 fully saturated rings. The molecular formula is C14H21O5. The summed E-state index contributed by atoms with van der Waals surface area (Å²) in [6, 6.07) is 0. The van der Waals surface area contributed by atoms with Crippen molar-refractivity contribution in [3.8, 4) is 0 Å². The maximum atomic E-state index is 11.5. The molecule has 5 heteroatoms. The highest BCUT2D eigenvalue weighted by atomic mass is 16.5. The molecule has 1 radical (unpaired) electrons. The molecule has 0 rings (SSSR count). The average molecular weight is 269 g/mol. The summed E-state index contributed by atoms with van der Waals surface area (Å²) in [6.45, 7) is 3.81. The number of ketones is 3. The van der Waals surface area contributed by atoms with E-state index in [0.717, 1.165) is 0 Å². The van der Waals surface area contributed by atoms with Crippen LogP contribution >= 0.6 is 0 Å². The summed E-state index contributed by atoms with van der Waals surface area (Å²) >= 11 is 0. The fraction of sp³-hybridized carbons (Fsp3) is 0.714. The Morgan fingerprint density at radius 3 is 1.95 bits per heavy atom. The number of rotatable bonds is 12. The number of Topliss-reactive ketones (excluding diaryl/α,β-unsaturated/α-hetero) is 3. The molecule has 19 heavy (non-hydrogen) atoms. The van der Waals surface area contributed by atoms with E-state index in [2.05, 4.69) is 0 Å². The van der Waals surface area contributed by atoms with Crippen LogP contribution in [0.25, 0.3) is 0 Å². The molecule has 0 aromatic rings. The zero-order chi connectivity index (χ0) is 14.7. The quantitative estimate of drug-likeness (QED) is 0.537. The zero-order valence-corrected chi connectivity index (χ0v) is 11.6. The summed E-state index contributed by atoms with van der Waals surface area (Å²) in [5, 5.41) is 0. The highest BCUT2D eigenvalue weighted by molar-refractivity contribution is 5.89. The molecule has 1 unspecified atom stereocenters. The number of hydrogen-bond acceptors (Lipinski definition) is 5. The van der Waals surface area contributed by atoms with Crippen LogP contribution in [0.3, 0.4) is 0 Å². The predicted octanol–water partition coefficient (Wildman–Crippen LogP) is 1.57. The largest absolute Gasteiger partial charge is 0.370 e. The maximum Gasteiger partial charge on any atom is 0.230 e. The summed E-state index contributed by atoms with van der Waals surface area (Å²) in [6.07, 6.45) is 1.83. The van der Waals surface area contributed by atoms with E-state index in [1.165, 1.54) is 0 Å². The Labute approximate surface area is 113 Å². The summed E-state index contributed by atoms with van der Waals surface area (Å²) in [5.41, 5.74) is 0. The molecular weight excluding hydrogens is 248 g/mol. The minimum Gasteiger partial charge on any atom is -0.370 e. The van der Waals surface area contributed by atoms with Crippen LogP contribution in [0, 0.1) is 0 Å². The van der Waals surface area contributed by atoms with Gasteiger partial charge in [-0.3, -0.25) is 19.2 Å². The molecule has 0 bridgehead atoms. The summed E-state index contributed by atoms with van der Waals surface area (Å²) in [7, 11) is 0. The van der Waals surface area contributed by atoms with Gasteiger partial charge in [0.05, 0.1) is 0 Å². The van der Waals surface area contributed by atoms with E-state index in [-0.39, 0.29) is 49.5 Å². The van der Waals surface area contributed by atoms with Crippen LogP contribution in [0.2, 0.25) is 0 Å². The molecule has 0 saturated carbocycles. The lowest BCUT2D eigenvalue weighted by atomic mass is 10.0. The minimum atomic E-state index is -0.839. The van der Waals surface area contributed by atoms with Gasteiger partial charge in [-0.15, -0.1) is 0 Å². The average Bonchev–Trinajstić information content (AvgIpc) is 2.41. The fourth-order valence-corrected chi connectivity index (χ4v) is 1.50. The molecule has 1 atom stereocenters. The lowest BCUT2D eigenvalue weighted by Gasteiger charge is -2.08. The second-order valence-electron chi connectivity index (χ2n) is 4.24. The van der Waals surface area contributed by atoms with Crippen molar-refractivity contribution < 1.29 is 23.9 Å². The predicted molar refractivity (Wildman–Crippen MR) is 69.5 cm³/mol. The van der Waals surface area contributed by atoms with E-state index in [9.17, 15) is 19.2 Å². The first-order chi connectivity index (χ1) is 9.03. The molecule has 5 nitrogen and oxygen atoms in total. The van der Waals surface area contributed by atoms with Gasteiger partial charge in [-0.05, 0) is 6.92 Å². The summed E-state index contributed by atoms with van der Waals surface area (Å²) in [4.78, 5) is 44.4. The van der Waals surface area contributed by atoms with Crippen LogP contribution in [0.4, 0.5) is 0 Å². The van der Waals surface area contributed by atoms with E-state index in [0.29, 0.717) is 13.0 Å². The van der Waals surface area contributed by atoms with Gasteiger partial charge in [0.2, 0.25) is 6.29 Å². The van der Waals surface area contributed by atoms with Crippen LogP contribution in [0.15, 0.2) is 0 Å². The lowest BCUT2D eigenvalue weighted by molar-refractivity contribution is -0.126. The number of carbonyl (C=O) groups excluding carboxylic acids is 4. The Morgan fingerprint density at radius 2 is 1.47 bits per heavy atom. The minimum absolute atomic E-state index is 0.0431. The normalized spacial score (nSPS) is 11.9. The Balaban J connectivity index is 3.85. The number of ether oxygens (including phenoxy) is 1. The van der Waals surface area contributed by atoms with Gasteiger partial charge in [0.15, 0.2) is 0 Å². The van der Waals surface area contributed by atoms with Crippen molar-refractivity contribution in [2.45, 2.75) is 58.5 Å². The van der Waals surface area contributed by atoms with E-state index in [1.807, 2.05) is 0 Å². The van der Waals surface area contributed by atoms with Crippen LogP contribution < -0.4 is 0 Å². The second kappa shape index (κ2) is 10.6. The molecule has 0 saturated heterocycles. The topological polar surface area (TPSA) is 77.5 Å². The third-order valence-electron chi connectivity index (χ3n) is 2.67. The van der Waals surface area contributed by atoms with Crippen molar-refractivity contribution in [1.29, 1.82) is 0 Å². The first kappa shape index (κ1) is 17.6. The van der Waals surface area contributed by atoms with Gasteiger partial charge in [-0.25, -0.2) is 0 Å². The molecule has 0 spiro atoms. The van der Waals surface area contributed by atoms with Gasteiger partial charge in [-0.1, -0.05) is 6.92 Å². The zero-order valence-electron chi connectivity index (χ0n) is 11.6. The van der Waals surface area contributed by atoms with E-state index in [1.54, 1.807) is 20.1 Å². The molecule has 0 heterocycles. The first-order valence-electron chi connectivity index (χ1n) is 6.57. The molecule has 0 N–H and O–H groups in total. The molecule has 0 amide bonds. The number of carbonyl (C=O) groups is 3. The van der Waals surface area contributed by atoms with E-state index in [4.69, 9.17) is 4.74 Å². The van der Waals surface area contributed by atoms with Crippen molar-refractivity contribution in [2.24, 2.45) is 0 Å². The molecule has 0 aliphatic rings. The van der Waals surface area contributed by atoms with Crippen molar-refractivity contribution in [1.82, 2.24) is 0 Å². The molecule has 0 aliphatic carbocycles. The third kappa shape index (κ3) is 9.25. The van der Waals surface area contributed by atoms with E-state index < -0.39 is 6.10 Å². The SMILES string of the molecule is CCOC([C]=O)CC(=O)CCC(=O)CCC(=O)CC. The van der Waals surface area contributed by atoms with Gasteiger partial charge in [0, 0.05) is 45.1 Å². The standard InChI is InChI=1S/C14H21O5/c1-3-11(16)5-6-12(17)7-8-13(18)9-14(10-15)19-4-2/h14H,3-9H2,1-2H3. The van der Waals surface area contributed by atoms with E-state index >= 15 is 0 Å². The third-order valence-corrected chi connectivity index (χ3v) is 2.67. The van der Waals surface area contributed by atoms with Crippen LogP contribution in [-0.4, -0.2) is 36.3 Å². The Hall–Kier alpha value is -1.36. The van der Waals surface area contributed by atoms with Gasteiger partial charge < -0.3 is 4.74 Å². The highest BCUT2D eigenvalue weighted by Gasteiger charge is 2.15. The van der Waals surface area contributed by atoms with Gasteiger partial charge in [0.25, 0.3) is 0 Å². The highest BCUT2D eigenvalue weighted by Crippen LogP contribution is 2.05. The number of hydrogen-bond donors (Lipinski definition) is 0. The molecule has 0 aromatic heterocycles. The van der Waals surface area contributed by atoms with Crippen molar-refractivity contribution >= 4 is 23.6 Å². The maximum absolute atomic E-state index is 11.5. The Kier molecular flexibility index (Phi) is 9.80. The Morgan fingerprint density at radius 1 is 0.947 bits per heavy atom. The lowest BCUT2D eigenvalue weighted by Crippen LogP contribution is -2.19.